The normalized spacial score (nSPS) is 10.6. The lowest BCUT2D eigenvalue weighted by Gasteiger charge is -2.03. The summed E-state index contributed by atoms with van der Waals surface area (Å²) in [5.41, 5.74) is 2.19. The molecular formula is C12H7NO3S. The van der Waals surface area contributed by atoms with Crippen molar-refractivity contribution in [2.45, 2.75) is 0 Å². The molecule has 2 aromatic heterocycles. The number of fused-ring (bicyclic) bond motifs is 1. The number of nitrogens with zero attached hydrogens (tertiary/aromatic N) is 1. The predicted octanol–water partition coefficient (Wildman–Crippen LogP) is 3.09. The highest BCUT2D eigenvalue weighted by Gasteiger charge is 2.15. The topological polar surface area (TPSA) is 52.3 Å². The maximum Gasteiger partial charge on any atom is 0.298 e. The van der Waals surface area contributed by atoms with E-state index in [0.29, 0.717) is 17.9 Å². The molecule has 0 N–H and O–H groups in total. The van der Waals surface area contributed by atoms with Crippen molar-refractivity contribution in [3.63, 3.8) is 0 Å². The molecule has 0 aliphatic rings. The van der Waals surface area contributed by atoms with Gasteiger partial charge in [-0.1, -0.05) is 17.3 Å². The fourth-order valence-electron chi connectivity index (χ4n) is 1.67. The van der Waals surface area contributed by atoms with Crippen molar-refractivity contribution in [2.75, 3.05) is 0 Å². The average Bonchev–Trinajstić information content (AvgIpc) is 2.92. The van der Waals surface area contributed by atoms with Crippen LogP contribution in [-0.4, -0.2) is 11.6 Å². The van der Waals surface area contributed by atoms with Crippen LogP contribution in [0.3, 0.4) is 0 Å². The summed E-state index contributed by atoms with van der Waals surface area (Å²) in [6.07, 6.45) is 0. The first-order valence-corrected chi connectivity index (χ1v) is 5.80. The molecule has 5 heteroatoms. The zero-order valence-corrected chi connectivity index (χ0v) is 9.44. The van der Waals surface area contributed by atoms with Crippen molar-refractivity contribution >= 4 is 28.1 Å². The maximum atomic E-state index is 10.4. The molecule has 1 aromatic carbocycles. The number of benzene rings is 1. The quantitative estimate of drug-likeness (QED) is 0.665. The molecule has 0 amide bonds. The predicted molar refractivity (Wildman–Crippen MR) is 64.0 cm³/mol. The van der Waals surface area contributed by atoms with E-state index in [1.807, 2.05) is 23.6 Å². The second kappa shape index (κ2) is 4.03. The second-order valence-electron chi connectivity index (χ2n) is 3.36. The standard InChI is InChI=1S/C12H7NO3S/c14-7-15-9-4-2-1-3-8(9)11-12-10(16-13-11)5-6-17-12/h1-7H. The van der Waals surface area contributed by atoms with Gasteiger partial charge in [0.1, 0.15) is 16.1 Å². The minimum absolute atomic E-state index is 0.407. The van der Waals surface area contributed by atoms with Crippen LogP contribution in [0, 0.1) is 0 Å². The molecule has 0 radical (unpaired) electrons. The molecule has 3 aromatic rings. The van der Waals surface area contributed by atoms with Gasteiger partial charge < -0.3 is 9.26 Å². The lowest BCUT2D eigenvalue weighted by molar-refractivity contribution is -0.120. The number of ether oxygens (including phenoxy) is 1. The Labute approximate surface area is 100 Å². The van der Waals surface area contributed by atoms with Crippen LogP contribution < -0.4 is 4.74 Å². The second-order valence-corrected chi connectivity index (χ2v) is 4.27. The first kappa shape index (κ1) is 10.0. The van der Waals surface area contributed by atoms with Gasteiger partial charge in [0, 0.05) is 5.56 Å². The number of carbonyl (C=O) groups is 1. The Morgan fingerprint density at radius 3 is 3.06 bits per heavy atom. The average molecular weight is 245 g/mol. The highest BCUT2D eigenvalue weighted by molar-refractivity contribution is 7.17. The van der Waals surface area contributed by atoms with Crippen molar-refractivity contribution in [3.05, 3.63) is 35.7 Å². The van der Waals surface area contributed by atoms with E-state index >= 15 is 0 Å². The number of rotatable bonds is 3. The Kier molecular flexibility index (Phi) is 2.38. The van der Waals surface area contributed by atoms with Crippen LogP contribution in [0.2, 0.25) is 0 Å². The van der Waals surface area contributed by atoms with E-state index in [4.69, 9.17) is 9.26 Å². The Bertz CT molecular complexity index is 671. The van der Waals surface area contributed by atoms with Crippen molar-refractivity contribution in [2.24, 2.45) is 0 Å². The SMILES string of the molecule is O=COc1ccccc1-c1noc2ccsc12. The summed E-state index contributed by atoms with van der Waals surface area (Å²) >= 11 is 1.54. The van der Waals surface area contributed by atoms with Crippen molar-refractivity contribution in [1.82, 2.24) is 5.16 Å². The first-order chi connectivity index (χ1) is 8.40. The fourth-order valence-corrected chi connectivity index (χ4v) is 2.47. The van der Waals surface area contributed by atoms with E-state index in [9.17, 15) is 4.79 Å². The monoisotopic (exact) mass is 245 g/mol. The lowest BCUT2D eigenvalue weighted by Crippen LogP contribution is -1.91. The van der Waals surface area contributed by atoms with Crippen molar-refractivity contribution < 1.29 is 14.1 Å². The van der Waals surface area contributed by atoms with Crippen LogP contribution in [0.5, 0.6) is 5.75 Å². The Balaban J connectivity index is 2.21. The van der Waals surface area contributed by atoms with Gasteiger partial charge in [-0.25, -0.2) is 0 Å². The van der Waals surface area contributed by atoms with Gasteiger partial charge in [-0.2, -0.15) is 0 Å². The van der Waals surface area contributed by atoms with Gasteiger partial charge in [0.15, 0.2) is 5.58 Å². The zero-order chi connectivity index (χ0) is 11.7. The van der Waals surface area contributed by atoms with Crippen LogP contribution in [0.15, 0.2) is 40.2 Å². The molecule has 84 valence electrons. The van der Waals surface area contributed by atoms with Crippen molar-refractivity contribution in [3.8, 4) is 17.0 Å². The molecule has 0 unspecified atom stereocenters. The van der Waals surface area contributed by atoms with Gasteiger partial charge in [0.05, 0.1) is 0 Å². The number of aromatic nitrogens is 1. The number of thiophene rings is 1. The van der Waals surface area contributed by atoms with Gasteiger partial charge in [-0.15, -0.1) is 11.3 Å². The smallest absolute Gasteiger partial charge is 0.298 e. The molecule has 4 nitrogen and oxygen atoms in total. The number of hydrogen-bond donors (Lipinski definition) is 0. The zero-order valence-electron chi connectivity index (χ0n) is 8.62. The molecular weight excluding hydrogens is 238 g/mol. The maximum absolute atomic E-state index is 10.4. The van der Waals surface area contributed by atoms with Crippen LogP contribution >= 0.6 is 11.3 Å². The molecule has 17 heavy (non-hydrogen) atoms. The highest BCUT2D eigenvalue weighted by atomic mass is 32.1. The van der Waals surface area contributed by atoms with Crippen LogP contribution in [0.25, 0.3) is 21.5 Å². The van der Waals surface area contributed by atoms with Gasteiger partial charge in [-0.3, -0.25) is 4.79 Å². The highest BCUT2D eigenvalue weighted by Crippen LogP contribution is 2.36. The summed E-state index contributed by atoms with van der Waals surface area (Å²) < 4.78 is 11.1. The molecule has 0 spiro atoms. The number of carbonyl (C=O) groups excluding carboxylic acids is 1. The van der Waals surface area contributed by atoms with E-state index in [-0.39, 0.29) is 0 Å². The van der Waals surface area contributed by atoms with Crippen molar-refractivity contribution in [1.29, 1.82) is 0 Å². The molecule has 0 aliphatic heterocycles. The Morgan fingerprint density at radius 1 is 1.29 bits per heavy atom. The van der Waals surface area contributed by atoms with E-state index in [2.05, 4.69) is 5.16 Å². The minimum Gasteiger partial charge on any atom is -0.428 e. The largest absolute Gasteiger partial charge is 0.428 e. The van der Waals surface area contributed by atoms with Gasteiger partial charge in [-0.05, 0) is 23.6 Å². The third kappa shape index (κ3) is 1.60. The van der Waals surface area contributed by atoms with Crippen LogP contribution in [0.4, 0.5) is 0 Å². The van der Waals surface area contributed by atoms with E-state index in [1.54, 1.807) is 23.5 Å². The Morgan fingerprint density at radius 2 is 2.18 bits per heavy atom. The van der Waals surface area contributed by atoms with Gasteiger partial charge in [0.2, 0.25) is 0 Å². The molecule has 0 fully saturated rings. The Hall–Kier alpha value is -2.14. The number of hydrogen-bond acceptors (Lipinski definition) is 5. The molecule has 0 atom stereocenters. The van der Waals surface area contributed by atoms with Crippen LogP contribution in [0.1, 0.15) is 0 Å². The van der Waals surface area contributed by atoms with Gasteiger partial charge in [0.25, 0.3) is 6.47 Å². The summed E-state index contributed by atoms with van der Waals surface area (Å²) in [5, 5.41) is 5.94. The van der Waals surface area contributed by atoms with Gasteiger partial charge >= 0.3 is 0 Å². The lowest BCUT2D eigenvalue weighted by atomic mass is 10.1. The number of para-hydroxylation sites is 1. The van der Waals surface area contributed by atoms with Crippen LogP contribution in [-0.2, 0) is 4.79 Å². The summed E-state index contributed by atoms with van der Waals surface area (Å²) in [4.78, 5) is 10.4. The summed E-state index contributed by atoms with van der Waals surface area (Å²) in [6.45, 7) is 0.407. The van der Waals surface area contributed by atoms with E-state index in [1.165, 1.54) is 0 Å². The molecule has 2 heterocycles. The summed E-state index contributed by atoms with van der Waals surface area (Å²) in [5.74, 6) is 0.478. The molecule has 0 bridgehead atoms. The van der Waals surface area contributed by atoms with E-state index < -0.39 is 0 Å². The molecule has 0 saturated carbocycles. The summed E-state index contributed by atoms with van der Waals surface area (Å²) in [6, 6.07) is 9.09. The molecule has 0 saturated heterocycles. The third-order valence-corrected chi connectivity index (χ3v) is 3.30. The summed E-state index contributed by atoms with van der Waals surface area (Å²) in [7, 11) is 0. The van der Waals surface area contributed by atoms with E-state index in [0.717, 1.165) is 15.8 Å². The first-order valence-electron chi connectivity index (χ1n) is 4.93. The molecule has 0 aliphatic carbocycles. The molecule has 3 rings (SSSR count). The third-order valence-electron chi connectivity index (χ3n) is 2.40. The fraction of sp³-hybridized carbons (Fsp3) is 0. The minimum atomic E-state index is 0.407.